The normalized spacial score (nSPS) is 28.8. The van der Waals surface area contributed by atoms with Crippen molar-refractivity contribution in [1.82, 2.24) is 9.55 Å². The highest BCUT2D eigenvalue weighted by Crippen LogP contribution is 2.57. The highest BCUT2D eigenvalue weighted by Gasteiger charge is 2.45. The summed E-state index contributed by atoms with van der Waals surface area (Å²) in [5.74, 6) is 0. The molecule has 1 unspecified atom stereocenters. The van der Waals surface area contributed by atoms with E-state index in [4.69, 9.17) is 14.5 Å². The zero-order chi connectivity index (χ0) is 19.9. The smallest absolute Gasteiger partial charge is 0.387 e. The topological polar surface area (TPSA) is 218 Å². The van der Waals surface area contributed by atoms with Crippen LogP contribution in [0.15, 0.2) is 20.3 Å². The summed E-state index contributed by atoms with van der Waals surface area (Å²) < 4.78 is 35.7. The summed E-state index contributed by atoms with van der Waals surface area (Å²) in [5, 5.41) is 19.9. The number of aromatic nitrogens is 2. The molecule has 0 amide bonds. The summed E-state index contributed by atoms with van der Waals surface area (Å²) in [4.78, 5) is 51.2. The number of aliphatic hydroxyl groups excluding tert-OH is 2. The van der Waals surface area contributed by atoms with Crippen LogP contribution in [0.2, 0.25) is 0 Å². The van der Waals surface area contributed by atoms with Gasteiger partial charge in [-0.1, -0.05) is 0 Å². The van der Waals surface area contributed by atoms with Gasteiger partial charge in [-0.05, 0) is 15.9 Å². The van der Waals surface area contributed by atoms with E-state index in [1.54, 1.807) is 0 Å². The number of aliphatic hydroxyl groups is 2. The number of nitrogens with zero attached hydrogens (tertiary/aromatic N) is 1. The van der Waals surface area contributed by atoms with Gasteiger partial charge in [0.05, 0.1) is 11.1 Å². The number of hydrogen-bond donors (Lipinski definition) is 6. The number of ether oxygens (including phenoxy) is 1. The molecule has 0 radical (unpaired) electrons. The van der Waals surface area contributed by atoms with Crippen molar-refractivity contribution < 1.29 is 47.6 Å². The first-order valence-corrected chi connectivity index (χ1v) is 10.4. The molecule has 26 heavy (non-hydrogen) atoms. The minimum absolute atomic E-state index is 0.0722. The van der Waals surface area contributed by atoms with E-state index in [1.165, 1.54) is 0 Å². The first kappa shape index (κ1) is 21.6. The second kappa shape index (κ2) is 7.73. The van der Waals surface area contributed by atoms with Crippen molar-refractivity contribution in [1.29, 1.82) is 0 Å². The Hall–Kier alpha value is -0.700. The van der Waals surface area contributed by atoms with Gasteiger partial charge in [0.25, 0.3) is 5.56 Å². The number of halogens is 1. The summed E-state index contributed by atoms with van der Waals surface area (Å²) in [7, 11) is -10.5. The van der Waals surface area contributed by atoms with Gasteiger partial charge in [0.1, 0.15) is 18.3 Å². The highest BCUT2D eigenvalue weighted by molar-refractivity contribution is 9.10. The fourth-order valence-corrected chi connectivity index (χ4v) is 3.99. The lowest BCUT2D eigenvalue weighted by Crippen LogP contribution is -2.38. The van der Waals surface area contributed by atoms with Crippen molar-refractivity contribution in [3.8, 4) is 0 Å². The van der Waals surface area contributed by atoms with Crippen LogP contribution in [0, 0.1) is 0 Å². The van der Waals surface area contributed by atoms with E-state index < -0.39 is 58.0 Å². The van der Waals surface area contributed by atoms with Crippen LogP contribution in [-0.4, -0.2) is 59.4 Å². The Labute approximate surface area is 152 Å². The lowest BCUT2D eigenvalue weighted by Gasteiger charge is -2.18. The molecule has 0 aliphatic carbocycles. The molecule has 1 aromatic rings. The van der Waals surface area contributed by atoms with Crippen molar-refractivity contribution in [3.63, 3.8) is 0 Å². The maximum atomic E-state index is 11.8. The Morgan fingerprint density at radius 3 is 2.42 bits per heavy atom. The first-order valence-electron chi connectivity index (χ1n) is 6.57. The maximum Gasteiger partial charge on any atom is 0.481 e. The Bertz CT molecular complexity index is 878. The predicted octanol–water partition coefficient (Wildman–Crippen LogP) is -1.86. The molecule has 148 valence electrons. The van der Waals surface area contributed by atoms with Gasteiger partial charge < -0.3 is 29.6 Å². The third-order valence-electron chi connectivity index (χ3n) is 3.15. The SMILES string of the molecule is O=c1[nH]c(=O)n([C@@H]2O[C@H](COP(=O)(O)OP(=O)(O)O)[C@@H](O)[C@H]2O)cc1Br. The van der Waals surface area contributed by atoms with Gasteiger partial charge >= 0.3 is 21.3 Å². The third-order valence-corrected chi connectivity index (χ3v) is 5.86. The van der Waals surface area contributed by atoms with Gasteiger partial charge in [0.2, 0.25) is 0 Å². The van der Waals surface area contributed by atoms with Crippen molar-refractivity contribution in [3.05, 3.63) is 31.5 Å². The van der Waals surface area contributed by atoms with Gasteiger partial charge in [0, 0.05) is 6.20 Å². The van der Waals surface area contributed by atoms with Crippen LogP contribution in [0.3, 0.4) is 0 Å². The first-order chi connectivity index (χ1) is 11.8. The predicted molar refractivity (Wildman–Crippen MR) is 83.9 cm³/mol. The van der Waals surface area contributed by atoms with E-state index in [9.17, 15) is 33.8 Å². The molecule has 1 saturated heterocycles. The zero-order valence-corrected chi connectivity index (χ0v) is 15.8. The monoisotopic (exact) mass is 482 g/mol. The molecule has 0 aromatic carbocycles. The molecular weight excluding hydrogens is 470 g/mol. The van der Waals surface area contributed by atoms with Crippen LogP contribution in [0.5, 0.6) is 0 Å². The minimum Gasteiger partial charge on any atom is -0.387 e. The average molecular weight is 483 g/mol. The standard InChI is InChI=1S/C9H13BrN2O12P2/c10-3-1-12(9(16)11-7(3)15)8-6(14)5(13)4(23-8)2-22-26(20,21)24-25(17,18)19/h1,4-6,8,13-14H,2H2,(H,20,21)(H,11,15,16)(H2,17,18,19)/t4-,5-,6-,8-/m1/s1. The van der Waals surface area contributed by atoms with E-state index in [2.05, 4.69) is 24.8 Å². The second-order valence-corrected chi connectivity index (χ2v) is 8.71. The summed E-state index contributed by atoms with van der Waals surface area (Å²) in [6.45, 7) is -0.915. The van der Waals surface area contributed by atoms with Crippen molar-refractivity contribution >= 4 is 31.6 Å². The largest absolute Gasteiger partial charge is 0.481 e. The van der Waals surface area contributed by atoms with Crippen molar-refractivity contribution in [2.45, 2.75) is 24.5 Å². The van der Waals surface area contributed by atoms with Crippen LogP contribution in [0.1, 0.15) is 6.23 Å². The molecule has 2 heterocycles. The molecule has 14 nitrogen and oxygen atoms in total. The molecule has 1 aromatic heterocycles. The molecule has 1 aliphatic heterocycles. The number of rotatable bonds is 6. The van der Waals surface area contributed by atoms with Crippen LogP contribution >= 0.6 is 31.6 Å². The summed E-state index contributed by atoms with van der Waals surface area (Å²) >= 11 is 2.87. The Morgan fingerprint density at radius 1 is 1.23 bits per heavy atom. The molecule has 6 N–H and O–H groups in total. The van der Waals surface area contributed by atoms with Gasteiger partial charge in [-0.25, -0.2) is 13.9 Å². The Morgan fingerprint density at radius 2 is 1.85 bits per heavy atom. The molecule has 1 aliphatic rings. The molecule has 0 bridgehead atoms. The highest BCUT2D eigenvalue weighted by atomic mass is 79.9. The molecule has 5 atom stereocenters. The minimum atomic E-state index is -5.33. The van der Waals surface area contributed by atoms with Crippen LogP contribution in [0.4, 0.5) is 0 Å². The lowest BCUT2D eigenvalue weighted by atomic mass is 10.1. The van der Waals surface area contributed by atoms with Gasteiger partial charge in [0.15, 0.2) is 6.23 Å². The van der Waals surface area contributed by atoms with E-state index in [1.807, 2.05) is 4.98 Å². The fourth-order valence-electron chi connectivity index (χ4n) is 2.07. The van der Waals surface area contributed by atoms with Gasteiger partial charge in [-0.3, -0.25) is 18.9 Å². The molecule has 0 saturated carbocycles. The number of phosphoric acid groups is 2. The zero-order valence-electron chi connectivity index (χ0n) is 12.4. The quantitative estimate of drug-likeness (QED) is 0.246. The summed E-state index contributed by atoms with van der Waals surface area (Å²) in [6, 6.07) is 0. The van der Waals surface area contributed by atoms with E-state index in [0.717, 1.165) is 10.8 Å². The van der Waals surface area contributed by atoms with Gasteiger partial charge in [-0.2, -0.15) is 4.31 Å². The van der Waals surface area contributed by atoms with Gasteiger partial charge in [-0.15, -0.1) is 0 Å². The van der Waals surface area contributed by atoms with Crippen molar-refractivity contribution in [2.75, 3.05) is 6.61 Å². The molecular formula is C9H13BrN2O12P2. The van der Waals surface area contributed by atoms with Crippen LogP contribution in [0.25, 0.3) is 0 Å². The van der Waals surface area contributed by atoms with E-state index in [0.29, 0.717) is 0 Å². The Balaban J connectivity index is 2.14. The molecule has 1 fully saturated rings. The summed E-state index contributed by atoms with van der Waals surface area (Å²) in [6.07, 6.45) is -5.35. The average Bonchev–Trinajstić information content (AvgIpc) is 2.75. The Kier molecular flexibility index (Phi) is 6.42. The number of H-pyrrole nitrogens is 1. The fraction of sp³-hybridized carbons (Fsp3) is 0.556. The van der Waals surface area contributed by atoms with Crippen LogP contribution in [-0.2, 0) is 22.7 Å². The van der Waals surface area contributed by atoms with Crippen molar-refractivity contribution in [2.24, 2.45) is 0 Å². The molecule has 17 heteroatoms. The van der Waals surface area contributed by atoms with Crippen LogP contribution < -0.4 is 11.2 Å². The number of aromatic amines is 1. The molecule has 2 rings (SSSR count). The maximum absolute atomic E-state index is 11.8. The summed E-state index contributed by atoms with van der Waals surface area (Å²) in [5.41, 5.74) is -1.70. The number of hydrogen-bond acceptors (Lipinski definition) is 9. The number of phosphoric ester groups is 1. The van der Waals surface area contributed by atoms with E-state index >= 15 is 0 Å². The van der Waals surface area contributed by atoms with E-state index in [-0.39, 0.29) is 4.47 Å². The lowest BCUT2D eigenvalue weighted by molar-refractivity contribution is -0.0543. The third kappa shape index (κ3) is 5.18. The second-order valence-electron chi connectivity index (χ2n) is 5.03. The number of nitrogens with one attached hydrogen (secondary N) is 1. The molecule has 0 spiro atoms.